The largest absolute Gasteiger partial charge is 0.326 e. The molecule has 2 N–H and O–H groups in total. The topological polar surface area (TPSA) is 63.4 Å². The van der Waals surface area contributed by atoms with Gasteiger partial charge in [-0.25, -0.2) is 8.42 Å². The molecule has 0 spiro atoms. The van der Waals surface area contributed by atoms with Crippen LogP contribution in [-0.4, -0.2) is 25.8 Å². The summed E-state index contributed by atoms with van der Waals surface area (Å²) in [5.41, 5.74) is 6.34. The molecule has 19 heavy (non-hydrogen) atoms. The van der Waals surface area contributed by atoms with Gasteiger partial charge in [0.2, 0.25) is 10.0 Å². The van der Waals surface area contributed by atoms with E-state index < -0.39 is 10.0 Å². The zero-order chi connectivity index (χ0) is 14.3. The van der Waals surface area contributed by atoms with Crippen LogP contribution in [0.5, 0.6) is 0 Å². The maximum Gasteiger partial charge on any atom is 0.244 e. The summed E-state index contributed by atoms with van der Waals surface area (Å²) >= 11 is 6.04. The summed E-state index contributed by atoms with van der Waals surface area (Å²) in [4.78, 5) is 0.162. The zero-order valence-electron chi connectivity index (χ0n) is 11.2. The van der Waals surface area contributed by atoms with Gasteiger partial charge < -0.3 is 5.73 Å². The number of benzene rings is 1. The fraction of sp³-hybridized carbons (Fsp3) is 0.538. The number of nitrogens with two attached hydrogens (primary N) is 1. The van der Waals surface area contributed by atoms with Crippen molar-refractivity contribution in [2.45, 2.75) is 31.7 Å². The van der Waals surface area contributed by atoms with E-state index in [0.29, 0.717) is 19.6 Å². The Bertz CT molecular complexity index is 584. The first-order valence-electron chi connectivity index (χ1n) is 6.25. The summed E-state index contributed by atoms with van der Waals surface area (Å²) in [6, 6.07) is 4.91. The molecule has 1 aliphatic rings. The number of nitrogens with zero attached hydrogens (tertiary/aromatic N) is 1. The van der Waals surface area contributed by atoms with Gasteiger partial charge in [-0.15, -0.1) is 0 Å². The predicted molar refractivity (Wildman–Crippen MR) is 76.5 cm³/mol. The van der Waals surface area contributed by atoms with Gasteiger partial charge in [0.15, 0.2) is 0 Å². The van der Waals surface area contributed by atoms with E-state index in [1.165, 1.54) is 4.31 Å². The van der Waals surface area contributed by atoms with Crippen molar-refractivity contribution in [3.05, 3.63) is 28.8 Å². The molecule has 1 aromatic rings. The van der Waals surface area contributed by atoms with Gasteiger partial charge in [-0.05, 0) is 29.5 Å². The summed E-state index contributed by atoms with van der Waals surface area (Å²) in [7, 11) is -3.53. The molecule has 0 aliphatic carbocycles. The zero-order valence-corrected chi connectivity index (χ0v) is 12.8. The van der Waals surface area contributed by atoms with Gasteiger partial charge in [0.05, 0.1) is 5.02 Å². The van der Waals surface area contributed by atoms with Gasteiger partial charge >= 0.3 is 0 Å². The summed E-state index contributed by atoms with van der Waals surface area (Å²) in [5.74, 6) is 0. The number of sulfonamides is 1. The van der Waals surface area contributed by atoms with Crippen LogP contribution in [0.3, 0.4) is 0 Å². The monoisotopic (exact) mass is 302 g/mol. The predicted octanol–water partition coefficient (Wildman–Crippen LogP) is 2.22. The van der Waals surface area contributed by atoms with Gasteiger partial charge in [0.25, 0.3) is 0 Å². The Morgan fingerprint density at radius 3 is 2.63 bits per heavy atom. The Balaban J connectivity index is 2.40. The van der Waals surface area contributed by atoms with E-state index in [1.807, 2.05) is 0 Å². The van der Waals surface area contributed by atoms with Gasteiger partial charge in [-0.2, -0.15) is 4.31 Å². The SMILES string of the molecule is CC1(C)CCN(S(=O)(=O)c2cc(CN)ccc2Cl)C1. The number of hydrogen-bond donors (Lipinski definition) is 1. The van der Waals surface area contributed by atoms with Gasteiger partial charge in [-0.3, -0.25) is 0 Å². The van der Waals surface area contributed by atoms with Crippen molar-refractivity contribution < 1.29 is 8.42 Å². The van der Waals surface area contributed by atoms with E-state index in [9.17, 15) is 8.42 Å². The highest BCUT2D eigenvalue weighted by Gasteiger charge is 2.37. The lowest BCUT2D eigenvalue weighted by Gasteiger charge is -2.20. The summed E-state index contributed by atoms with van der Waals surface area (Å²) < 4.78 is 26.7. The van der Waals surface area contributed by atoms with Crippen molar-refractivity contribution in [1.29, 1.82) is 0 Å². The Kier molecular flexibility index (Phi) is 3.93. The first kappa shape index (κ1) is 14.8. The fourth-order valence-corrected chi connectivity index (χ4v) is 4.43. The molecule has 0 radical (unpaired) electrons. The maximum absolute atomic E-state index is 12.6. The van der Waals surface area contributed by atoms with E-state index >= 15 is 0 Å². The van der Waals surface area contributed by atoms with E-state index in [1.54, 1.807) is 18.2 Å². The third-order valence-corrected chi connectivity index (χ3v) is 5.82. The van der Waals surface area contributed by atoms with Crippen LogP contribution in [0, 0.1) is 5.41 Å². The first-order chi connectivity index (χ1) is 8.76. The molecular weight excluding hydrogens is 284 g/mol. The quantitative estimate of drug-likeness (QED) is 0.931. The second-order valence-electron chi connectivity index (χ2n) is 5.72. The normalized spacial score (nSPS) is 19.8. The average molecular weight is 303 g/mol. The van der Waals surface area contributed by atoms with Gasteiger partial charge in [-0.1, -0.05) is 31.5 Å². The minimum Gasteiger partial charge on any atom is -0.326 e. The number of rotatable bonds is 3. The Hall–Kier alpha value is -0.620. The smallest absolute Gasteiger partial charge is 0.244 e. The summed E-state index contributed by atoms with van der Waals surface area (Å²) in [6.07, 6.45) is 0.862. The van der Waals surface area contributed by atoms with Crippen LogP contribution in [0.2, 0.25) is 5.02 Å². The maximum atomic E-state index is 12.6. The van der Waals surface area contributed by atoms with Crippen molar-refractivity contribution in [2.75, 3.05) is 13.1 Å². The Labute approximate surface area is 119 Å². The van der Waals surface area contributed by atoms with Crippen LogP contribution in [0.15, 0.2) is 23.1 Å². The van der Waals surface area contributed by atoms with Crippen LogP contribution >= 0.6 is 11.6 Å². The molecule has 2 rings (SSSR count). The van der Waals surface area contributed by atoms with Crippen molar-refractivity contribution >= 4 is 21.6 Å². The molecule has 6 heteroatoms. The molecule has 1 fully saturated rings. The molecule has 0 bridgehead atoms. The standard InChI is InChI=1S/C13H19ClN2O2S/c1-13(2)5-6-16(9-13)19(17,18)12-7-10(8-15)3-4-11(12)14/h3-4,7H,5-6,8-9,15H2,1-2H3. The first-order valence-corrected chi connectivity index (χ1v) is 8.07. The summed E-state index contributed by atoms with van der Waals surface area (Å²) in [5, 5.41) is 0.252. The minimum atomic E-state index is -3.53. The molecule has 0 unspecified atom stereocenters. The fourth-order valence-electron chi connectivity index (χ4n) is 2.28. The molecule has 106 valence electrons. The number of hydrogen-bond acceptors (Lipinski definition) is 3. The molecule has 1 aliphatic heterocycles. The van der Waals surface area contributed by atoms with Crippen molar-refractivity contribution in [3.8, 4) is 0 Å². The summed E-state index contributed by atoms with van der Waals surface area (Å²) in [6.45, 7) is 5.50. The highest BCUT2D eigenvalue weighted by Crippen LogP contribution is 2.34. The van der Waals surface area contributed by atoms with E-state index in [2.05, 4.69) is 13.8 Å². The lowest BCUT2D eigenvalue weighted by molar-refractivity contribution is 0.375. The highest BCUT2D eigenvalue weighted by molar-refractivity contribution is 7.89. The molecule has 4 nitrogen and oxygen atoms in total. The highest BCUT2D eigenvalue weighted by atomic mass is 35.5. The molecule has 1 heterocycles. The van der Waals surface area contributed by atoms with Crippen LogP contribution in [0.4, 0.5) is 0 Å². The number of halogens is 1. The second-order valence-corrected chi connectivity index (χ2v) is 8.04. The van der Waals surface area contributed by atoms with Crippen LogP contribution in [0.1, 0.15) is 25.8 Å². The third-order valence-electron chi connectivity index (χ3n) is 3.49. The van der Waals surface area contributed by atoms with Crippen molar-refractivity contribution in [3.63, 3.8) is 0 Å². The second kappa shape index (κ2) is 5.05. The van der Waals surface area contributed by atoms with E-state index in [4.69, 9.17) is 17.3 Å². The lowest BCUT2D eigenvalue weighted by Crippen LogP contribution is -2.30. The minimum absolute atomic E-state index is 0.0189. The van der Waals surface area contributed by atoms with Crippen LogP contribution < -0.4 is 5.73 Å². The molecule has 0 atom stereocenters. The van der Waals surface area contributed by atoms with Crippen LogP contribution in [-0.2, 0) is 16.6 Å². The molecule has 1 aromatic carbocycles. The van der Waals surface area contributed by atoms with Gasteiger partial charge in [0.1, 0.15) is 4.90 Å². The molecular formula is C13H19ClN2O2S. The molecule has 0 saturated carbocycles. The van der Waals surface area contributed by atoms with Crippen molar-refractivity contribution in [2.24, 2.45) is 11.1 Å². The van der Waals surface area contributed by atoms with Crippen molar-refractivity contribution in [1.82, 2.24) is 4.31 Å². The molecule has 0 aromatic heterocycles. The van der Waals surface area contributed by atoms with E-state index in [0.717, 1.165) is 12.0 Å². The lowest BCUT2D eigenvalue weighted by atomic mass is 9.93. The Morgan fingerprint density at radius 2 is 2.11 bits per heavy atom. The molecule has 0 amide bonds. The third kappa shape index (κ3) is 2.94. The Morgan fingerprint density at radius 1 is 1.42 bits per heavy atom. The van der Waals surface area contributed by atoms with E-state index in [-0.39, 0.29) is 15.3 Å². The molecule has 1 saturated heterocycles. The average Bonchev–Trinajstić information content (AvgIpc) is 2.71. The van der Waals surface area contributed by atoms with Gasteiger partial charge in [0, 0.05) is 19.6 Å². The van der Waals surface area contributed by atoms with Crippen LogP contribution in [0.25, 0.3) is 0 Å².